The molecule has 2 heterocycles. The molecule has 0 atom stereocenters. The van der Waals surface area contributed by atoms with Gasteiger partial charge < -0.3 is 10.2 Å². The Balaban J connectivity index is 1.52. The standard InChI is InChI=1S/C30H24F2N4O3S2/c31-22-14-19(7-8-26(22)37)18-2-1-3-20(13-18)28-21(10-17-6-9-27(41-33)23(32)11-17)25(12-16-4-5-16)36(35-28)30-34-24(15-40-30)29(38)39/h1-3,6-9,11,13-16,37H,4-5,10,12,33H2,(H,38,39). The smallest absolute Gasteiger partial charge is 0.355 e. The molecule has 1 saturated carbocycles. The van der Waals surface area contributed by atoms with Crippen molar-refractivity contribution in [1.82, 2.24) is 14.8 Å². The maximum atomic E-state index is 14.7. The van der Waals surface area contributed by atoms with E-state index in [1.807, 2.05) is 30.3 Å². The molecule has 0 amide bonds. The van der Waals surface area contributed by atoms with Crippen molar-refractivity contribution in [3.05, 3.63) is 100 Å². The molecule has 0 aliphatic heterocycles. The number of nitrogens with zero attached hydrogens (tertiary/aromatic N) is 3. The fourth-order valence-electron chi connectivity index (χ4n) is 4.81. The third-order valence-corrected chi connectivity index (χ3v) is 8.48. The van der Waals surface area contributed by atoms with Crippen LogP contribution in [0, 0.1) is 17.6 Å². The molecular formula is C30H24F2N4O3S2. The lowest BCUT2D eigenvalue weighted by Crippen LogP contribution is -2.06. The number of rotatable bonds is 9. The van der Waals surface area contributed by atoms with Crippen LogP contribution in [0.1, 0.15) is 40.2 Å². The van der Waals surface area contributed by atoms with Gasteiger partial charge in [-0.3, -0.25) is 5.14 Å². The van der Waals surface area contributed by atoms with Crippen molar-refractivity contribution in [2.75, 3.05) is 0 Å². The number of benzene rings is 3. The zero-order valence-electron chi connectivity index (χ0n) is 21.6. The summed E-state index contributed by atoms with van der Waals surface area (Å²) in [6.07, 6.45) is 3.25. The minimum atomic E-state index is -1.12. The summed E-state index contributed by atoms with van der Waals surface area (Å²) in [6.45, 7) is 0. The van der Waals surface area contributed by atoms with E-state index in [9.17, 15) is 23.8 Å². The highest BCUT2D eigenvalue weighted by atomic mass is 32.2. The fraction of sp³-hybridized carbons (Fsp3) is 0.167. The number of aromatic nitrogens is 3. The molecule has 2 aromatic heterocycles. The predicted molar refractivity (Wildman–Crippen MR) is 154 cm³/mol. The molecular weight excluding hydrogens is 566 g/mol. The fourth-order valence-corrected chi connectivity index (χ4v) is 5.90. The molecule has 1 fully saturated rings. The number of hydrogen-bond acceptors (Lipinski definition) is 7. The van der Waals surface area contributed by atoms with Crippen molar-refractivity contribution in [1.29, 1.82) is 0 Å². The number of hydrogen-bond donors (Lipinski definition) is 3. The lowest BCUT2D eigenvalue weighted by Gasteiger charge is -2.10. The van der Waals surface area contributed by atoms with Gasteiger partial charge in [-0.25, -0.2) is 23.2 Å². The summed E-state index contributed by atoms with van der Waals surface area (Å²) in [5.41, 5.74) is 5.17. The van der Waals surface area contributed by atoms with Crippen LogP contribution in [0.5, 0.6) is 5.75 Å². The Kier molecular flexibility index (Phi) is 7.33. The molecule has 4 N–H and O–H groups in total. The number of nitrogens with two attached hydrogens (primary N) is 1. The second-order valence-corrected chi connectivity index (χ2v) is 11.5. The monoisotopic (exact) mass is 590 g/mol. The highest BCUT2D eigenvalue weighted by Gasteiger charge is 2.29. The Morgan fingerprint density at radius 3 is 2.51 bits per heavy atom. The summed E-state index contributed by atoms with van der Waals surface area (Å²) in [7, 11) is 0. The Morgan fingerprint density at radius 1 is 1.05 bits per heavy atom. The Hall–Kier alpha value is -4.06. The highest BCUT2D eigenvalue weighted by Crippen LogP contribution is 2.39. The van der Waals surface area contributed by atoms with E-state index in [0.717, 1.165) is 52.7 Å². The Labute approximate surface area is 242 Å². The van der Waals surface area contributed by atoms with Crippen LogP contribution in [0.4, 0.5) is 8.78 Å². The van der Waals surface area contributed by atoms with E-state index < -0.39 is 23.4 Å². The van der Waals surface area contributed by atoms with E-state index in [4.69, 9.17) is 10.2 Å². The first-order chi connectivity index (χ1) is 19.8. The van der Waals surface area contributed by atoms with E-state index in [0.29, 0.717) is 40.0 Å². The van der Waals surface area contributed by atoms with Gasteiger partial charge in [0.25, 0.3) is 0 Å². The molecule has 7 nitrogen and oxygen atoms in total. The molecule has 11 heteroatoms. The topological polar surface area (TPSA) is 114 Å². The molecule has 3 aromatic carbocycles. The normalized spacial score (nSPS) is 13.0. The van der Waals surface area contributed by atoms with Crippen molar-refractivity contribution in [3.63, 3.8) is 0 Å². The first-order valence-corrected chi connectivity index (χ1v) is 14.6. The molecule has 5 aromatic rings. The van der Waals surface area contributed by atoms with Crippen molar-refractivity contribution in [2.45, 2.75) is 30.6 Å². The van der Waals surface area contributed by atoms with Crippen LogP contribution in [0.2, 0.25) is 0 Å². The molecule has 1 aliphatic carbocycles. The summed E-state index contributed by atoms with van der Waals surface area (Å²) in [5.74, 6) is -2.20. The molecule has 208 valence electrons. The van der Waals surface area contributed by atoms with Crippen molar-refractivity contribution in [3.8, 4) is 33.3 Å². The number of phenolic OH excluding ortho intramolecular Hbond substituents is 1. The molecule has 0 bridgehead atoms. The average molecular weight is 591 g/mol. The zero-order chi connectivity index (χ0) is 28.7. The van der Waals surface area contributed by atoms with Crippen molar-refractivity contribution < 1.29 is 23.8 Å². The number of aromatic hydroxyl groups is 1. The first-order valence-electron chi connectivity index (χ1n) is 12.8. The van der Waals surface area contributed by atoms with Crippen LogP contribution in [0.25, 0.3) is 27.5 Å². The number of carboxylic acids is 1. The van der Waals surface area contributed by atoms with E-state index >= 15 is 0 Å². The summed E-state index contributed by atoms with van der Waals surface area (Å²) >= 11 is 2.04. The number of thiazole rings is 1. The van der Waals surface area contributed by atoms with Gasteiger partial charge in [-0.1, -0.05) is 30.3 Å². The van der Waals surface area contributed by atoms with Gasteiger partial charge >= 0.3 is 5.97 Å². The zero-order valence-corrected chi connectivity index (χ0v) is 23.2. The van der Waals surface area contributed by atoms with E-state index in [-0.39, 0.29) is 5.69 Å². The van der Waals surface area contributed by atoms with Crippen LogP contribution in [0.3, 0.4) is 0 Å². The number of aromatic carboxylic acids is 1. The molecule has 0 radical (unpaired) electrons. The molecule has 0 spiro atoms. The third kappa shape index (κ3) is 5.61. The molecule has 0 unspecified atom stereocenters. The van der Waals surface area contributed by atoms with Gasteiger partial charge in [-0.05, 0) is 84.2 Å². The van der Waals surface area contributed by atoms with Gasteiger partial charge in [0.2, 0.25) is 5.13 Å². The van der Waals surface area contributed by atoms with Gasteiger partial charge in [-0.2, -0.15) is 5.10 Å². The summed E-state index contributed by atoms with van der Waals surface area (Å²) in [5, 5.41) is 31.6. The first kappa shape index (κ1) is 27.1. The van der Waals surface area contributed by atoms with Crippen LogP contribution >= 0.6 is 23.3 Å². The molecule has 41 heavy (non-hydrogen) atoms. The van der Waals surface area contributed by atoms with Crippen LogP contribution in [-0.4, -0.2) is 30.9 Å². The van der Waals surface area contributed by atoms with Crippen molar-refractivity contribution >= 4 is 29.3 Å². The lowest BCUT2D eigenvalue weighted by molar-refractivity contribution is 0.0691. The van der Waals surface area contributed by atoms with Gasteiger partial charge in [0.1, 0.15) is 5.82 Å². The molecule has 1 aliphatic rings. The lowest BCUT2D eigenvalue weighted by atomic mass is 9.95. The van der Waals surface area contributed by atoms with Gasteiger partial charge in [0.15, 0.2) is 17.3 Å². The number of carboxylic acid groups (broad SMARTS) is 1. The van der Waals surface area contributed by atoms with Crippen LogP contribution < -0.4 is 5.14 Å². The van der Waals surface area contributed by atoms with Gasteiger partial charge in [-0.15, -0.1) is 11.3 Å². The van der Waals surface area contributed by atoms with E-state index in [2.05, 4.69) is 4.98 Å². The van der Waals surface area contributed by atoms with Crippen molar-refractivity contribution in [2.24, 2.45) is 11.1 Å². The molecule has 0 saturated heterocycles. The largest absolute Gasteiger partial charge is 0.505 e. The second kappa shape index (κ2) is 11.1. The summed E-state index contributed by atoms with van der Waals surface area (Å²) < 4.78 is 30.6. The maximum absolute atomic E-state index is 14.7. The van der Waals surface area contributed by atoms with Gasteiger partial charge in [0.05, 0.1) is 16.3 Å². The summed E-state index contributed by atoms with van der Waals surface area (Å²) in [4.78, 5) is 16.2. The summed E-state index contributed by atoms with van der Waals surface area (Å²) in [6, 6.07) is 16.7. The van der Waals surface area contributed by atoms with Crippen LogP contribution in [-0.2, 0) is 12.8 Å². The minimum Gasteiger partial charge on any atom is -0.505 e. The third-order valence-electron chi connectivity index (χ3n) is 7.08. The SMILES string of the molecule is NSc1ccc(Cc2c(-c3cccc(-c4ccc(O)c(F)c4)c3)nn(-c3nc(C(=O)O)cs3)c2CC2CC2)cc1F. The quantitative estimate of drug-likeness (QED) is 0.161. The number of carbonyl (C=O) groups is 1. The maximum Gasteiger partial charge on any atom is 0.355 e. The number of halogens is 2. The average Bonchev–Trinajstić information content (AvgIpc) is 3.52. The Bertz CT molecular complexity index is 1780. The second-order valence-electron chi connectivity index (χ2n) is 9.96. The Morgan fingerprint density at radius 2 is 1.83 bits per heavy atom. The van der Waals surface area contributed by atoms with E-state index in [1.54, 1.807) is 16.8 Å². The van der Waals surface area contributed by atoms with Crippen LogP contribution in [0.15, 0.2) is 70.9 Å². The predicted octanol–water partition coefficient (Wildman–Crippen LogP) is 6.85. The number of phenols is 1. The van der Waals surface area contributed by atoms with Gasteiger partial charge in [0, 0.05) is 22.9 Å². The van der Waals surface area contributed by atoms with E-state index in [1.165, 1.54) is 34.9 Å². The highest BCUT2D eigenvalue weighted by molar-refractivity contribution is 7.97. The molecule has 6 rings (SSSR count). The minimum absolute atomic E-state index is 0.0609.